The number of aryl methyl sites for hydroxylation is 1. The molecule has 0 saturated carbocycles. The first-order chi connectivity index (χ1) is 14.7. The van der Waals surface area contributed by atoms with Crippen molar-refractivity contribution in [2.75, 3.05) is 46.0 Å². The third kappa shape index (κ3) is 5.25. The van der Waals surface area contributed by atoms with E-state index in [1.165, 1.54) is 5.56 Å². The van der Waals surface area contributed by atoms with Crippen molar-refractivity contribution in [3.63, 3.8) is 0 Å². The number of carbonyl (C=O) groups is 1. The van der Waals surface area contributed by atoms with E-state index in [0.29, 0.717) is 26.2 Å². The zero-order valence-electron chi connectivity index (χ0n) is 17.6. The Hall–Kier alpha value is -2.73. The van der Waals surface area contributed by atoms with E-state index in [1.54, 1.807) is 0 Å². The van der Waals surface area contributed by atoms with Crippen LogP contribution in [-0.2, 0) is 17.8 Å². The molecule has 0 N–H and O–H groups in total. The minimum atomic E-state index is 0.227. The van der Waals surface area contributed by atoms with Gasteiger partial charge in [0.05, 0.1) is 6.61 Å². The average molecular weight is 411 g/mol. The molecule has 1 fully saturated rings. The summed E-state index contributed by atoms with van der Waals surface area (Å²) in [6.07, 6.45) is 1.25. The van der Waals surface area contributed by atoms with Crippen molar-refractivity contribution in [1.29, 1.82) is 0 Å². The maximum atomic E-state index is 12.7. The van der Waals surface area contributed by atoms with Gasteiger partial charge in [0.2, 0.25) is 5.91 Å². The molecule has 0 spiro atoms. The number of hydrogen-bond acceptors (Lipinski definition) is 5. The highest BCUT2D eigenvalue weighted by atomic mass is 16.6. The summed E-state index contributed by atoms with van der Waals surface area (Å²) in [5.74, 6) is 2.72. The Kier molecular flexibility index (Phi) is 6.74. The molecule has 1 amide bonds. The molecule has 2 aliphatic heterocycles. The van der Waals surface area contributed by atoms with Gasteiger partial charge in [0.25, 0.3) is 0 Å². The summed E-state index contributed by atoms with van der Waals surface area (Å²) >= 11 is 0. The molecule has 0 aromatic heterocycles. The standard InChI is InChI=1S/C24H30N2O4/c1-2-28-21-7-3-20(4-8-21)18-25-11-13-26(14-12-25)24(27)10-6-19-5-9-22-23(17-19)30-16-15-29-22/h3-5,7-9,17H,2,6,10-16,18H2,1H3. The van der Waals surface area contributed by atoms with E-state index in [9.17, 15) is 4.79 Å². The summed E-state index contributed by atoms with van der Waals surface area (Å²) < 4.78 is 16.7. The monoisotopic (exact) mass is 410 g/mol. The molecule has 0 unspecified atom stereocenters. The van der Waals surface area contributed by atoms with Gasteiger partial charge in [-0.15, -0.1) is 0 Å². The SMILES string of the molecule is CCOc1ccc(CN2CCN(C(=O)CCc3ccc4c(c3)OCCO4)CC2)cc1. The van der Waals surface area contributed by atoms with Crippen LogP contribution in [0.25, 0.3) is 0 Å². The van der Waals surface area contributed by atoms with Gasteiger partial charge in [0.1, 0.15) is 19.0 Å². The molecule has 30 heavy (non-hydrogen) atoms. The van der Waals surface area contributed by atoms with Gasteiger partial charge in [-0.3, -0.25) is 9.69 Å². The van der Waals surface area contributed by atoms with Crippen LogP contribution in [0.3, 0.4) is 0 Å². The molecule has 0 aliphatic carbocycles. The van der Waals surface area contributed by atoms with Crippen LogP contribution in [0.2, 0.25) is 0 Å². The average Bonchev–Trinajstić information content (AvgIpc) is 2.79. The predicted octanol–water partition coefficient (Wildman–Crippen LogP) is 3.13. The molecular formula is C24H30N2O4. The van der Waals surface area contributed by atoms with E-state index in [0.717, 1.165) is 62.0 Å². The lowest BCUT2D eigenvalue weighted by Gasteiger charge is -2.35. The number of carbonyl (C=O) groups excluding carboxylic acids is 1. The number of hydrogen-bond donors (Lipinski definition) is 0. The molecule has 4 rings (SSSR count). The van der Waals surface area contributed by atoms with Gasteiger partial charge in [-0.1, -0.05) is 18.2 Å². The van der Waals surface area contributed by atoms with Crippen LogP contribution in [0, 0.1) is 0 Å². The normalized spacial score (nSPS) is 16.4. The van der Waals surface area contributed by atoms with Crippen LogP contribution in [0.1, 0.15) is 24.5 Å². The van der Waals surface area contributed by atoms with Gasteiger partial charge in [-0.25, -0.2) is 0 Å². The van der Waals surface area contributed by atoms with Gasteiger partial charge in [-0.05, 0) is 48.7 Å². The molecule has 2 aromatic carbocycles. The highest BCUT2D eigenvalue weighted by molar-refractivity contribution is 5.76. The smallest absolute Gasteiger partial charge is 0.222 e. The summed E-state index contributed by atoms with van der Waals surface area (Å²) in [7, 11) is 0. The molecule has 0 atom stereocenters. The Labute approximate surface area is 178 Å². The molecular weight excluding hydrogens is 380 g/mol. The molecule has 160 valence electrons. The van der Waals surface area contributed by atoms with Gasteiger partial charge < -0.3 is 19.1 Å². The Morgan fingerprint density at radius 3 is 2.37 bits per heavy atom. The minimum absolute atomic E-state index is 0.227. The van der Waals surface area contributed by atoms with Crippen LogP contribution in [0.5, 0.6) is 17.2 Å². The lowest BCUT2D eigenvalue weighted by atomic mass is 10.1. The largest absolute Gasteiger partial charge is 0.494 e. The second-order valence-corrected chi connectivity index (χ2v) is 7.71. The number of ether oxygens (including phenoxy) is 3. The lowest BCUT2D eigenvalue weighted by molar-refractivity contribution is -0.133. The first kappa shape index (κ1) is 20.5. The fourth-order valence-electron chi connectivity index (χ4n) is 3.92. The highest BCUT2D eigenvalue weighted by Gasteiger charge is 2.21. The zero-order valence-corrected chi connectivity index (χ0v) is 17.6. The van der Waals surface area contributed by atoms with E-state index in [2.05, 4.69) is 17.0 Å². The first-order valence-electron chi connectivity index (χ1n) is 10.8. The fourth-order valence-corrected chi connectivity index (χ4v) is 3.92. The number of benzene rings is 2. The number of piperazine rings is 1. The summed E-state index contributed by atoms with van der Waals surface area (Å²) in [6.45, 7) is 8.15. The van der Waals surface area contributed by atoms with E-state index >= 15 is 0 Å². The lowest BCUT2D eigenvalue weighted by Crippen LogP contribution is -2.48. The zero-order chi connectivity index (χ0) is 20.8. The Bertz CT molecular complexity index is 845. The maximum absolute atomic E-state index is 12.7. The Balaban J connectivity index is 1.21. The topological polar surface area (TPSA) is 51.2 Å². The van der Waals surface area contributed by atoms with E-state index in [1.807, 2.05) is 42.2 Å². The summed E-state index contributed by atoms with van der Waals surface area (Å²) in [5.41, 5.74) is 2.39. The number of amides is 1. The third-order valence-corrected chi connectivity index (χ3v) is 5.60. The van der Waals surface area contributed by atoms with Crippen LogP contribution >= 0.6 is 0 Å². The Morgan fingerprint density at radius 1 is 0.933 bits per heavy atom. The van der Waals surface area contributed by atoms with Crippen molar-refractivity contribution < 1.29 is 19.0 Å². The van der Waals surface area contributed by atoms with Crippen molar-refractivity contribution in [1.82, 2.24) is 9.80 Å². The molecule has 6 heteroatoms. The number of rotatable bonds is 7. The maximum Gasteiger partial charge on any atom is 0.222 e. The highest BCUT2D eigenvalue weighted by Crippen LogP contribution is 2.31. The van der Waals surface area contributed by atoms with Gasteiger partial charge >= 0.3 is 0 Å². The third-order valence-electron chi connectivity index (χ3n) is 5.60. The van der Waals surface area contributed by atoms with Crippen LogP contribution in [-0.4, -0.2) is 61.7 Å². The quantitative estimate of drug-likeness (QED) is 0.702. The summed E-state index contributed by atoms with van der Waals surface area (Å²) in [5, 5.41) is 0. The second kappa shape index (κ2) is 9.85. The molecule has 2 aliphatic rings. The second-order valence-electron chi connectivity index (χ2n) is 7.71. The van der Waals surface area contributed by atoms with E-state index in [-0.39, 0.29) is 5.91 Å². The summed E-state index contributed by atoms with van der Waals surface area (Å²) in [6, 6.07) is 14.2. The molecule has 1 saturated heterocycles. The van der Waals surface area contributed by atoms with Gasteiger partial charge in [0, 0.05) is 39.1 Å². The van der Waals surface area contributed by atoms with Gasteiger partial charge in [0.15, 0.2) is 11.5 Å². The van der Waals surface area contributed by atoms with Crippen LogP contribution in [0.15, 0.2) is 42.5 Å². The molecule has 2 heterocycles. The minimum Gasteiger partial charge on any atom is -0.494 e. The van der Waals surface area contributed by atoms with Crippen molar-refractivity contribution in [2.24, 2.45) is 0 Å². The predicted molar refractivity (Wildman–Crippen MR) is 115 cm³/mol. The summed E-state index contributed by atoms with van der Waals surface area (Å²) in [4.78, 5) is 17.1. The first-order valence-corrected chi connectivity index (χ1v) is 10.8. The Morgan fingerprint density at radius 2 is 1.63 bits per heavy atom. The van der Waals surface area contributed by atoms with Crippen molar-refractivity contribution in [3.8, 4) is 17.2 Å². The number of nitrogens with zero attached hydrogens (tertiary/aromatic N) is 2. The molecule has 0 bridgehead atoms. The van der Waals surface area contributed by atoms with Crippen LogP contribution < -0.4 is 14.2 Å². The van der Waals surface area contributed by atoms with Crippen molar-refractivity contribution in [2.45, 2.75) is 26.3 Å². The van der Waals surface area contributed by atoms with E-state index in [4.69, 9.17) is 14.2 Å². The van der Waals surface area contributed by atoms with Crippen molar-refractivity contribution in [3.05, 3.63) is 53.6 Å². The van der Waals surface area contributed by atoms with Crippen molar-refractivity contribution >= 4 is 5.91 Å². The van der Waals surface area contributed by atoms with Crippen LogP contribution in [0.4, 0.5) is 0 Å². The number of fused-ring (bicyclic) bond motifs is 1. The molecule has 2 aromatic rings. The van der Waals surface area contributed by atoms with E-state index < -0.39 is 0 Å². The fraction of sp³-hybridized carbons (Fsp3) is 0.458. The van der Waals surface area contributed by atoms with Gasteiger partial charge in [-0.2, -0.15) is 0 Å². The molecule has 6 nitrogen and oxygen atoms in total. The molecule has 0 radical (unpaired) electrons.